The van der Waals surface area contributed by atoms with Crippen LogP contribution >= 0.6 is 0 Å². The van der Waals surface area contributed by atoms with Gasteiger partial charge in [0.25, 0.3) is 0 Å². The van der Waals surface area contributed by atoms with Gasteiger partial charge in [0.05, 0.1) is 5.57 Å². The molecule has 2 nitrogen and oxygen atoms in total. The van der Waals surface area contributed by atoms with Crippen molar-refractivity contribution in [2.45, 2.75) is 0 Å². The van der Waals surface area contributed by atoms with E-state index >= 15 is 0 Å². The zero-order valence-corrected chi connectivity index (χ0v) is 6.25. The van der Waals surface area contributed by atoms with E-state index in [4.69, 9.17) is 5.11 Å². The van der Waals surface area contributed by atoms with E-state index in [2.05, 4.69) is 6.58 Å². The quantitative estimate of drug-likeness (QED) is 0.681. The van der Waals surface area contributed by atoms with Crippen LogP contribution in [0.2, 0.25) is 0 Å². The van der Waals surface area contributed by atoms with Crippen molar-refractivity contribution in [3.63, 3.8) is 0 Å². The number of hydrogen-bond donors (Lipinski definition) is 1. The second-order valence-corrected chi connectivity index (χ2v) is 2.29. The van der Waals surface area contributed by atoms with Gasteiger partial charge in [0.15, 0.2) is 0 Å². The van der Waals surface area contributed by atoms with Gasteiger partial charge in [-0.2, -0.15) is 0 Å². The molecule has 12 heavy (non-hydrogen) atoms. The van der Waals surface area contributed by atoms with Crippen molar-refractivity contribution < 1.29 is 14.3 Å². The molecule has 1 aromatic rings. The normalized spacial score (nSPS) is 9.42. The molecular weight excluding hydrogens is 159 g/mol. The summed E-state index contributed by atoms with van der Waals surface area (Å²) in [5.41, 5.74) is 0.388. The van der Waals surface area contributed by atoms with Crippen LogP contribution in [-0.2, 0) is 4.79 Å². The fraction of sp³-hybridized carbons (Fsp3) is 0. The fourth-order valence-corrected chi connectivity index (χ4v) is 0.775. The van der Waals surface area contributed by atoms with Gasteiger partial charge in [-0.05, 0) is 17.7 Å². The van der Waals surface area contributed by atoms with Crippen molar-refractivity contribution in [2.75, 3.05) is 0 Å². The van der Waals surface area contributed by atoms with E-state index < -0.39 is 11.8 Å². The summed E-state index contributed by atoms with van der Waals surface area (Å²) in [7, 11) is 0. The van der Waals surface area contributed by atoms with E-state index in [9.17, 15) is 9.18 Å². The lowest BCUT2D eigenvalue weighted by atomic mass is 10.1. The Morgan fingerprint density at radius 2 is 1.83 bits per heavy atom. The summed E-state index contributed by atoms with van der Waals surface area (Å²) < 4.78 is 12.4. The van der Waals surface area contributed by atoms with Crippen molar-refractivity contribution in [1.82, 2.24) is 0 Å². The second-order valence-electron chi connectivity index (χ2n) is 2.29. The molecule has 0 atom stereocenters. The molecule has 1 aromatic carbocycles. The summed E-state index contributed by atoms with van der Waals surface area (Å²) in [5.74, 6) is -1.49. The van der Waals surface area contributed by atoms with Crippen LogP contribution < -0.4 is 0 Å². The van der Waals surface area contributed by atoms with Gasteiger partial charge in [-0.1, -0.05) is 18.7 Å². The molecule has 3 heteroatoms. The lowest BCUT2D eigenvalue weighted by Crippen LogP contribution is -1.97. The maximum absolute atomic E-state index is 12.4. The molecule has 0 radical (unpaired) electrons. The highest BCUT2D eigenvalue weighted by Crippen LogP contribution is 2.12. The van der Waals surface area contributed by atoms with Gasteiger partial charge in [-0.25, -0.2) is 9.18 Å². The maximum Gasteiger partial charge on any atom is 0.335 e. The van der Waals surface area contributed by atoms with Crippen LogP contribution in [0.25, 0.3) is 5.57 Å². The third kappa shape index (κ3) is 1.69. The first-order valence-electron chi connectivity index (χ1n) is 3.29. The predicted molar refractivity (Wildman–Crippen MR) is 43.1 cm³/mol. The Hall–Kier alpha value is -1.64. The summed E-state index contributed by atoms with van der Waals surface area (Å²) in [6.07, 6.45) is 0. The van der Waals surface area contributed by atoms with Gasteiger partial charge in [-0.3, -0.25) is 0 Å². The molecule has 1 N–H and O–H groups in total. The monoisotopic (exact) mass is 166 g/mol. The van der Waals surface area contributed by atoms with Crippen LogP contribution in [0.1, 0.15) is 5.56 Å². The topological polar surface area (TPSA) is 37.3 Å². The average molecular weight is 166 g/mol. The molecule has 0 saturated heterocycles. The number of hydrogen-bond acceptors (Lipinski definition) is 1. The van der Waals surface area contributed by atoms with E-state index in [-0.39, 0.29) is 5.57 Å². The zero-order valence-electron chi connectivity index (χ0n) is 6.25. The molecule has 0 fully saturated rings. The van der Waals surface area contributed by atoms with Crippen LogP contribution in [0.15, 0.2) is 30.8 Å². The Kier molecular flexibility index (Phi) is 2.24. The summed E-state index contributed by atoms with van der Waals surface area (Å²) in [6.45, 7) is 3.33. The minimum absolute atomic E-state index is 0.0324. The number of carboxylic acids is 1. The van der Waals surface area contributed by atoms with Gasteiger partial charge >= 0.3 is 5.97 Å². The lowest BCUT2D eigenvalue weighted by molar-refractivity contribution is -0.130. The van der Waals surface area contributed by atoms with Crippen LogP contribution in [0.5, 0.6) is 0 Å². The van der Waals surface area contributed by atoms with Crippen molar-refractivity contribution >= 4 is 11.5 Å². The Balaban J connectivity index is 2.98. The van der Waals surface area contributed by atoms with E-state index in [0.717, 1.165) is 0 Å². The zero-order chi connectivity index (χ0) is 9.14. The second kappa shape index (κ2) is 3.17. The Bertz CT molecular complexity index is 314. The van der Waals surface area contributed by atoms with Gasteiger partial charge < -0.3 is 5.11 Å². The predicted octanol–water partition coefficient (Wildman–Crippen LogP) is 1.92. The summed E-state index contributed by atoms with van der Waals surface area (Å²) in [5, 5.41) is 8.51. The Labute approximate surface area is 69.0 Å². The van der Waals surface area contributed by atoms with Gasteiger partial charge in [0.1, 0.15) is 5.82 Å². The molecule has 0 spiro atoms. The molecule has 0 bridgehead atoms. The molecule has 0 saturated carbocycles. The molecule has 0 aliphatic heterocycles. The molecule has 0 unspecified atom stereocenters. The highest BCUT2D eigenvalue weighted by Gasteiger charge is 2.05. The smallest absolute Gasteiger partial charge is 0.335 e. The maximum atomic E-state index is 12.4. The third-order valence-electron chi connectivity index (χ3n) is 1.45. The molecule has 1 rings (SSSR count). The number of halogens is 1. The number of benzene rings is 1. The largest absolute Gasteiger partial charge is 0.478 e. The number of rotatable bonds is 2. The number of carboxylic acid groups (broad SMARTS) is 1. The van der Waals surface area contributed by atoms with Crippen molar-refractivity contribution in [3.8, 4) is 0 Å². The third-order valence-corrected chi connectivity index (χ3v) is 1.45. The fourth-order valence-electron chi connectivity index (χ4n) is 0.775. The minimum atomic E-state index is -1.10. The van der Waals surface area contributed by atoms with Crippen LogP contribution in [0, 0.1) is 5.82 Å². The summed E-state index contributed by atoms with van der Waals surface area (Å²) >= 11 is 0. The highest BCUT2D eigenvalue weighted by atomic mass is 19.1. The van der Waals surface area contributed by atoms with E-state index in [1.807, 2.05) is 0 Å². The number of carbonyl (C=O) groups is 1. The molecule has 0 aliphatic carbocycles. The first kappa shape index (κ1) is 8.46. The molecule has 0 amide bonds. The van der Waals surface area contributed by atoms with E-state index in [0.29, 0.717) is 5.56 Å². The standard InChI is InChI=1S/C9H7FO2/c1-6(9(11)12)7-2-4-8(10)5-3-7/h2-5H,1H2,(H,11,12). The van der Waals surface area contributed by atoms with Gasteiger partial charge in [0.2, 0.25) is 0 Å². The van der Waals surface area contributed by atoms with E-state index in [1.54, 1.807) is 0 Å². The van der Waals surface area contributed by atoms with Crippen molar-refractivity contribution in [3.05, 3.63) is 42.2 Å². The van der Waals surface area contributed by atoms with Crippen LogP contribution in [0.4, 0.5) is 4.39 Å². The van der Waals surface area contributed by atoms with Gasteiger partial charge in [-0.15, -0.1) is 0 Å². The summed E-state index contributed by atoms with van der Waals surface area (Å²) in [4.78, 5) is 10.4. The molecule has 0 aliphatic rings. The first-order chi connectivity index (χ1) is 5.61. The molecule has 0 aromatic heterocycles. The Morgan fingerprint density at radius 3 is 2.25 bits per heavy atom. The van der Waals surface area contributed by atoms with Gasteiger partial charge in [0, 0.05) is 0 Å². The van der Waals surface area contributed by atoms with Crippen molar-refractivity contribution in [1.29, 1.82) is 0 Å². The SMILES string of the molecule is C=C(C(=O)O)c1ccc(F)cc1. The van der Waals surface area contributed by atoms with Crippen LogP contribution in [0.3, 0.4) is 0 Å². The number of aliphatic carboxylic acids is 1. The molecule has 0 heterocycles. The van der Waals surface area contributed by atoms with Crippen LogP contribution in [-0.4, -0.2) is 11.1 Å². The van der Waals surface area contributed by atoms with Crippen molar-refractivity contribution in [2.24, 2.45) is 0 Å². The minimum Gasteiger partial charge on any atom is -0.478 e. The first-order valence-corrected chi connectivity index (χ1v) is 3.29. The lowest BCUT2D eigenvalue weighted by Gasteiger charge is -1.98. The summed E-state index contributed by atoms with van der Waals surface area (Å²) in [6, 6.07) is 5.16. The average Bonchev–Trinajstić information content (AvgIpc) is 2.04. The molecule has 62 valence electrons. The highest BCUT2D eigenvalue weighted by molar-refractivity contribution is 6.14. The molecular formula is C9H7FO2. The van der Waals surface area contributed by atoms with E-state index in [1.165, 1.54) is 24.3 Å². The Morgan fingerprint density at radius 1 is 1.33 bits per heavy atom.